The Labute approximate surface area is 156 Å². The topological polar surface area (TPSA) is 66.5 Å². The first-order valence-electron chi connectivity index (χ1n) is 8.83. The number of anilines is 1. The Kier molecular flexibility index (Phi) is 3.76. The molecule has 0 aliphatic rings. The highest BCUT2D eigenvalue weighted by Crippen LogP contribution is 2.31. The van der Waals surface area contributed by atoms with E-state index in [1.807, 2.05) is 48.9 Å². The van der Waals surface area contributed by atoms with Crippen molar-refractivity contribution >= 4 is 27.8 Å². The summed E-state index contributed by atoms with van der Waals surface area (Å²) in [4.78, 5) is 16.7. The minimum absolute atomic E-state index is 0.669. The average molecular weight is 351 g/mol. The van der Waals surface area contributed by atoms with Gasteiger partial charge in [0.1, 0.15) is 11.5 Å². The van der Waals surface area contributed by atoms with Crippen molar-refractivity contribution in [3.63, 3.8) is 0 Å². The number of nitrogens with zero attached hydrogens (tertiary/aromatic N) is 3. The number of rotatable bonds is 4. The lowest BCUT2D eigenvalue weighted by molar-refractivity contribution is 1.09. The highest BCUT2D eigenvalue weighted by atomic mass is 15.0. The fourth-order valence-electron chi connectivity index (χ4n) is 3.28. The summed E-state index contributed by atoms with van der Waals surface area (Å²) in [5.74, 6) is 0.817. The molecular weight excluding hydrogens is 334 g/mol. The first-order chi connectivity index (χ1) is 13.4. The van der Waals surface area contributed by atoms with E-state index in [-0.39, 0.29) is 0 Å². The number of aromatic nitrogens is 4. The van der Waals surface area contributed by atoms with Crippen molar-refractivity contribution in [3.05, 3.63) is 84.9 Å². The molecule has 5 aromatic rings. The zero-order valence-corrected chi connectivity index (χ0v) is 14.6. The molecular formula is C22H17N5. The van der Waals surface area contributed by atoms with Gasteiger partial charge in [-0.2, -0.15) is 0 Å². The van der Waals surface area contributed by atoms with Gasteiger partial charge in [0.25, 0.3) is 0 Å². The number of H-pyrrole nitrogens is 1. The maximum atomic E-state index is 4.69. The van der Waals surface area contributed by atoms with Crippen molar-refractivity contribution in [2.75, 3.05) is 5.32 Å². The summed E-state index contributed by atoms with van der Waals surface area (Å²) in [5.41, 5.74) is 5.14. The van der Waals surface area contributed by atoms with Gasteiger partial charge >= 0.3 is 0 Å². The molecule has 5 heteroatoms. The van der Waals surface area contributed by atoms with Gasteiger partial charge in [0.15, 0.2) is 0 Å². The smallest absolute Gasteiger partial charge is 0.140 e. The van der Waals surface area contributed by atoms with Gasteiger partial charge in [-0.15, -0.1) is 0 Å². The number of nitrogens with one attached hydrogen (secondary N) is 2. The van der Waals surface area contributed by atoms with Crippen molar-refractivity contribution in [1.82, 2.24) is 19.9 Å². The molecule has 1 aromatic carbocycles. The van der Waals surface area contributed by atoms with Gasteiger partial charge in [-0.25, -0.2) is 4.98 Å². The molecule has 0 aliphatic heterocycles. The molecule has 4 heterocycles. The van der Waals surface area contributed by atoms with Gasteiger partial charge in [-0.1, -0.05) is 24.3 Å². The van der Waals surface area contributed by atoms with Crippen molar-refractivity contribution in [2.45, 2.75) is 6.54 Å². The van der Waals surface area contributed by atoms with Crippen LogP contribution in [0, 0.1) is 0 Å². The Morgan fingerprint density at radius 2 is 1.93 bits per heavy atom. The van der Waals surface area contributed by atoms with E-state index in [1.54, 1.807) is 6.20 Å². The summed E-state index contributed by atoms with van der Waals surface area (Å²) in [6, 6.07) is 18.4. The summed E-state index contributed by atoms with van der Waals surface area (Å²) >= 11 is 0. The van der Waals surface area contributed by atoms with Crippen LogP contribution in [0.1, 0.15) is 5.56 Å². The molecule has 130 valence electrons. The van der Waals surface area contributed by atoms with Gasteiger partial charge in [-0.05, 0) is 41.5 Å². The highest BCUT2D eigenvalue weighted by Gasteiger charge is 2.10. The van der Waals surface area contributed by atoms with Crippen molar-refractivity contribution in [2.24, 2.45) is 0 Å². The second-order valence-corrected chi connectivity index (χ2v) is 6.43. The molecule has 4 aromatic heterocycles. The second-order valence-electron chi connectivity index (χ2n) is 6.43. The standard InChI is InChI=1S/C22H17N5/c1-2-6-20-16(5-1)10-17(14-25-20)19-11-21(27-22-18(19)7-9-24-22)26-13-15-4-3-8-23-12-15/h1-12,14H,13H2,(H2,24,26,27). The number of fused-ring (bicyclic) bond motifs is 2. The highest BCUT2D eigenvalue weighted by molar-refractivity contribution is 5.96. The average Bonchev–Trinajstić information content (AvgIpc) is 3.21. The largest absolute Gasteiger partial charge is 0.366 e. The zero-order valence-electron chi connectivity index (χ0n) is 14.6. The SMILES string of the molecule is c1cncc(CNc2cc(-c3cnc4ccccc4c3)c3cc[nH]c3n2)c1. The Balaban J connectivity index is 1.57. The fraction of sp³-hybridized carbons (Fsp3) is 0.0455. The number of aromatic amines is 1. The van der Waals surface area contributed by atoms with Gasteiger partial charge in [0.2, 0.25) is 0 Å². The van der Waals surface area contributed by atoms with Crippen LogP contribution in [0.25, 0.3) is 33.1 Å². The van der Waals surface area contributed by atoms with Crippen molar-refractivity contribution in [3.8, 4) is 11.1 Å². The van der Waals surface area contributed by atoms with Gasteiger partial charge < -0.3 is 10.3 Å². The molecule has 0 aliphatic carbocycles. The van der Waals surface area contributed by atoms with Crippen LogP contribution < -0.4 is 5.32 Å². The van der Waals surface area contributed by atoms with Crippen LogP contribution in [0.4, 0.5) is 5.82 Å². The molecule has 0 radical (unpaired) electrons. The molecule has 0 atom stereocenters. The van der Waals surface area contributed by atoms with Crippen molar-refractivity contribution < 1.29 is 0 Å². The molecule has 0 bridgehead atoms. The van der Waals surface area contributed by atoms with Gasteiger partial charge in [0, 0.05) is 47.7 Å². The van der Waals surface area contributed by atoms with Crippen LogP contribution in [0.3, 0.4) is 0 Å². The number of hydrogen-bond acceptors (Lipinski definition) is 4. The number of benzene rings is 1. The first kappa shape index (κ1) is 15.5. The van der Waals surface area contributed by atoms with Crippen LogP contribution in [-0.4, -0.2) is 19.9 Å². The van der Waals surface area contributed by atoms with Crippen molar-refractivity contribution in [1.29, 1.82) is 0 Å². The third-order valence-electron chi connectivity index (χ3n) is 4.63. The molecule has 0 saturated heterocycles. The summed E-state index contributed by atoms with van der Waals surface area (Å²) in [7, 11) is 0. The third kappa shape index (κ3) is 3.00. The van der Waals surface area contributed by atoms with E-state index >= 15 is 0 Å². The number of hydrogen-bond donors (Lipinski definition) is 2. The summed E-state index contributed by atoms with van der Waals surface area (Å²) in [6.07, 6.45) is 7.47. The van der Waals surface area contributed by atoms with Crippen LogP contribution in [-0.2, 0) is 6.54 Å². The molecule has 27 heavy (non-hydrogen) atoms. The minimum atomic E-state index is 0.669. The summed E-state index contributed by atoms with van der Waals surface area (Å²) < 4.78 is 0. The van der Waals surface area contributed by atoms with E-state index in [0.717, 1.165) is 44.4 Å². The predicted molar refractivity (Wildman–Crippen MR) is 108 cm³/mol. The van der Waals surface area contributed by atoms with Crippen LogP contribution >= 0.6 is 0 Å². The zero-order chi connectivity index (χ0) is 18.1. The van der Waals surface area contributed by atoms with Crippen LogP contribution in [0.2, 0.25) is 0 Å². The molecule has 0 amide bonds. The third-order valence-corrected chi connectivity index (χ3v) is 4.63. The summed E-state index contributed by atoms with van der Waals surface area (Å²) in [6.45, 7) is 0.669. The normalized spacial score (nSPS) is 11.1. The lowest BCUT2D eigenvalue weighted by Gasteiger charge is -2.10. The maximum Gasteiger partial charge on any atom is 0.140 e. The Bertz CT molecular complexity index is 1230. The minimum Gasteiger partial charge on any atom is -0.366 e. The molecule has 2 N–H and O–H groups in total. The van der Waals surface area contributed by atoms with E-state index in [2.05, 4.69) is 44.5 Å². The first-order valence-corrected chi connectivity index (χ1v) is 8.83. The fourth-order valence-corrected chi connectivity index (χ4v) is 3.28. The molecule has 5 nitrogen and oxygen atoms in total. The number of pyridine rings is 3. The van der Waals surface area contributed by atoms with E-state index in [0.29, 0.717) is 6.54 Å². The Morgan fingerprint density at radius 3 is 2.85 bits per heavy atom. The number of para-hydroxylation sites is 1. The lowest BCUT2D eigenvalue weighted by Crippen LogP contribution is -2.02. The molecule has 0 saturated carbocycles. The monoisotopic (exact) mass is 351 g/mol. The molecule has 0 unspecified atom stereocenters. The van der Waals surface area contributed by atoms with E-state index < -0.39 is 0 Å². The predicted octanol–water partition coefficient (Wildman–Crippen LogP) is 4.79. The Morgan fingerprint density at radius 1 is 0.963 bits per heavy atom. The van der Waals surface area contributed by atoms with E-state index in [1.165, 1.54) is 0 Å². The van der Waals surface area contributed by atoms with Gasteiger partial charge in [-0.3, -0.25) is 9.97 Å². The summed E-state index contributed by atoms with van der Waals surface area (Å²) in [5, 5.41) is 5.61. The Hall–Kier alpha value is -3.73. The molecule has 0 fully saturated rings. The lowest BCUT2D eigenvalue weighted by atomic mass is 10.0. The van der Waals surface area contributed by atoms with Crippen LogP contribution in [0.15, 0.2) is 79.4 Å². The van der Waals surface area contributed by atoms with E-state index in [4.69, 9.17) is 4.98 Å². The van der Waals surface area contributed by atoms with E-state index in [9.17, 15) is 0 Å². The maximum absolute atomic E-state index is 4.69. The molecule has 5 rings (SSSR count). The second kappa shape index (κ2) is 6.53. The van der Waals surface area contributed by atoms with Crippen LogP contribution in [0.5, 0.6) is 0 Å². The molecule has 0 spiro atoms. The quantitative estimate of drug-likeness (QED) is 0.489. The van der Waals surface area contributed by atoms with Gasteiger partial charge in [0.05, 0.1) is 5.52 Å².